The normalized spacial score (nSPS) is 17.4. The number of carbonyl (C=O) groups is 3. The van der Waals surface area contributed by atoms with Gasteiger partial charge in [-0.1, -0.05) is 29.5 Å². The van der Waals surface area contributed by atoms with Crippen molar-refractivity contribution in [2.24, 2.45) is 0 Å². The van der Waals surface area contributed by atoms with Crippen LogP contribution in [-0.4, -0.2) is 78.2 Å². The van der Waals surface area contributed by atoms with E-state index in [1.807, 2.05) is 48.5 Å². The van der Waals surface area contributed by atoms with Gasteiger partial charge >= 0.3 is 0 Å². The van der Waals surface area contributed by atoms with Crippen molar-refractivity contribution in [3.63, 3.8) is 0 Å². The number of Topliss-reactive ketones (excluding diaryl/α,β-unsaturated/α-hetero) is 1. The van der Waals surface area contributed by atoms with Gasteiger partial charge in [0, 0.05) is 43.2 Å². The Morgan fingerprint density at radius 3 is 2.43 bits per heavy atom. The molecule has 0 saturated carbocycles. The molecule has 0 unspecified atom stereocenters. The van der Waals surface area contributed by atoms with Crippen molar-refractivity contribution in [3.05, 3.63) is 83.9 Å². The van der Waals surface area contributed by atoms with E-state index in [9.17, 15) is 14.4 Å². The molecule has 3 aromatic carbocycles. The standard InChI is InChI=1S/C33H36N6O5/c1-23(40)24-8-14-27(15-9-24)39(31(41)22-38-30-7-3-2-6-29(30)35-36-38)32(33(42)34-21-28-5-4-18-44-28)25-10-12-26(13-11-25)37-16-19-43-20-17-37/h2-3,6-15,28,32H,4-5,16-22H2,1H3,(H,34,42)/t28-,32-/m0/s1. The number of anilines is 2. The van der Waals surface area contributed by atoms with Crippen LogP contribution in [0.1, 0.15) is 41.7 Å². The van der Waals surface area contributed by atoms with E-state index in [4.69, 9.17) is 9.47 Å². The fourth-order valence-electron chi connectivity index (χ4n) is 5.76. The molecular weight excluding hydrogens is 560 g/mol. The first kappa shape index (κ1) is 29.5. The number of ketones is 1. The monoisotopic (exact) mass is 596 g/mol. The first-order valence-corrected chi connectivity index (χ1v) is 15.0. The number of amides is 2. The number of morpholine rings is 1. The molecule has 2 atom stereocenters. The minimum Gasteiger partial charge on any atom is -0.378 e. The van der Waals surface area contributed by atoms with Gasteiger partial charge < -0.3 is 19.7 Å². The number of para-hydroxylation sites is 1. The second-order valence-electron chi connectivity index (χ2n) is 11.1. The molecule has 11 nitrogen and oxygen atoms in total. The number of fused-ring (bicyclic) bond motifs is 1. The Kier molecular flexibility index (Phi) is 8.94. The molecule has 228 valence electrons. The Morgan fingerprint density at radius 2 is 1.73 bits per heavy atom. The van der Waals surface area contributed by atoms with E-state index in [0.717, 1.165) is 31.6 Å². The number of hydrogen-bond acceptors (Lipinski definition) is 8. The van der Waals surface area contributed by atoms with Crippen LogP contribution in [0.5, 0.6) is 0 Å². The minimum absolute atomic E-state index is 0.0659. The highest BCUT2D eigenvalue weighted by atomic mass is 16.5. The fraction of sp³-hybridized carbons (Fsp3) is 0.364. The van der Waals surface area contributed by atoms with Gasteiger partial charge in [-0.15, -0.1) is 5.10 Å². The lowest BCUT2D eigenvalue weighted by Gasteiger charge is -2.33. The van der Waals surface area contributed by atoms with Crippen molar-refractivity contribution in [1.82, 2.24) is 20.3 Å². The Bertz CT molecular complexity index is 1610. The van der Waals surface area contributed by atoms with Gasteiger partial charge in [-0.3, -0.25) is 19.3 Å². The van der Waals surface area contributed by atoms with Crippen LogP contribution in [0.15, 0.2) is 72.8 Å². The Labute approximate surface area is 255 Å². The summed E-state index contributed by atoms with van der Waals surface area (Å²) in [6.07, 6.45) is 1.75. The predicted molar refractivity (Wildman–Crippen MR) is 166 cm³/mol. The molecule has 11 heteroatoms. The highest BCUT2D eigenvalue weighted by Crippen LogP contribution is 2.31. The summed E-state index contributed by atoms with van der Waals surface area (Å²) in [4.78, 5) is 44.2. The first-order valence-electron chi connectivity index (χ1n) is 15.0. The molecule has 3 heterocycles. The van der Waals surface area contributed by atoms with Crippen molar-refractivity contribution < 1.29 is 23.9 Å². The molecule has 1 aromatic heterocycles. The Morgan fingerprint density at radius 1 is 0.977 bits per heavy atom. The van der Waals surface area contributed by atoms with Gasteiger partial charge in [0.25, 0.3) is 0 Å². The highest BCUT2D eigenvalue weighted by Gasteiger charge is 2.34. The summed E-state index contributed by atoms with van der Waals surface area (Å²) in [5.74, 6) is -0.772. The Hall–Kier alpha value is -4.61. The average Bonchev–Trinajstić information content (AvgIpc) is 3.73. The molecule has 2 amide bonds. The van der Waals surface area contributed by atoms with Crippen molar-refractivity contribution in [2.45, 2.75) is 38.5 Å². The van der Waals surface area contributed by atoms with Crippen LogP contribution in [0.2, 0.25) is 0 Å². The van der Waals surface area contributed by atoms with Crippen LogP contribution >= 0.6 is 0 Å². The molecule has 1 N–H and O–H groups in total. The predicted octanol–water partition coefficient (Wildman–Crippen LogP) is 3.54. The summed E-state index contributed by atoms with van der Waals surface area (Å²) in [7, 11) is 0. The lowest BCUT2D eigenvalue weighted by molar-refractivity contribution is -0.127. The molecule has 0 radical (unpaired) electrons. The number of aromatic nitrogens is 3. The molecule has 44 heavy (non-hydrogen) atoms. The summed E-state index contributed by atoms with van der Waals surface area (Å²) in [6, 6.07) is 20.9. The molecule has 2 aliphatic heterocycles. The summed E-state index contributed by atoms with van der Waals surface area (Å²) in [6.45, 7) is 5.25. The van der Waals surface area contributed by atoms with E-state index in [1.54, 1.807) is 24.3 Å². The third-order valence-corrected chi connectivity index (χ3v) is 8.15. The van der Waals surface area contributed by atoms with Gasteiger partial charge in [0.2, 0.25) is 11.8 Å². The number of benzene rings is 3. The maximum atomic E-state index is 14.3. The van der Waals surface area contributed by atoms with Crippen molar-refractivity contribution in [2.75, 3.05) is 49.3 Å². The zero-order chi connectivity index (χ0) is 30.5. The number of nitrogens with zero attached hydrogens (tertiary/aromatic N) is 5. The number of hydrogen-bond donors (Lipinski definition) is 1. The van der Waals surface area contributed by atoms with Crippen molar-refractivity contribution in [3.8, 4) is 0 Å². The van der Waals surface area contributed by atoms with Gasteiger partial charge in [0.05, 0.1) is 24.8 Å². The topological polar surface area (TPSA) is 119 Å². The summed E-state index contributed by atoms with van der Waals surface area (Å²) in [5, 5.41) is 11.5. The zero-order valence-electron chi connectivity index (χ0n) is 24.7. The number of nitrogens with one attached hydrogen (secondary N) is 1. The summed E-state index contributed by atoms with van der Waals surface area (Å²) >= 11 is 0. The Balaban J connectivity index is 1.38. The maximum absolute atomic E-state index is 14.3. The van der Waals surface area contributed by atoms with Crippen LogP contribution in [-0.2, 0) is 25.6 Å². The molecule has 0 aliphatic carbocycles. The lowest BCUT2D eigenvalue weighted by Crippen LogP contribution is -2.46. The number of rotatable bonds is 10. The zero-order valence-corrected chi connectivity index (χ0v) is 24.7. The second kappa shape index (κ2) is 13.4. The number of carbonyl (C=O) groups excluding carboxylic acids is 3. The second-order valence-corrected chi connectivity index (χ2v) is 11.1. The van der Waals surface area contributed by atoms with E-state index in [1.165, 1.54) is 16.5 Å². The number of ether oxygens (including phenoxy) is 2. The van der Waals surface area contributed by atoms with Crippen molar-refractivity contribution >= 4 is 40.0 Å². The molecule has 2 aliphatic rings. The molecule has 0 spiro atoms. The maximum Gasteiger partial charge on any atom is 0.249 e. The van der Waals surface area contributed by atoms with Crippen LogP contribution in [0.25, 0.3) is 11.0 Å². The van der Waals surface area contributed by atoms with Gasteiger partial charge in [-0.25, -0.2) is 4.68 Å². The van der Waals surface area contributed by atoms with Gasteiger partial charge in [-0.05, 0) is 73.9 Å². The van der Waals surface area contributed by atoms with Gasteiger partial charge in [0.15, 0.2) is 5.78 Å². The summed E-state index contributed by atoms with van der Waals surface area (Å²) in [5.41, 5.74) is 4.05. The van der Waals surface area contributed by atoms with Gasteiger partial charge in [0.1, 0.15) is 18.1 Å². The highest BCUT2D eigenvalue weighted by molar-refractivity contribution is 6.02. The lowest BCUT2D eigenvalue weighted by atomic mass is 10.0. The molecule has 2 fully saturated rings. The van der Waals surface area contributed by atoms with Crippen LogP contribution in [0.4, 0.5) is 11.4 Å². The summed E-state index contributed by atoms with van der Waals surface area (Å²) < 4.78 is 12.8. The molecule has 4 aromatic rings. The third kappa shape index (κ3) is 6.48. The van der Waals surface area contributed by atoms with E-state index >= 15 is 0 Å². The van der Waals surface area contributed by atoms with E-state index in [-0.39, 0.29) is 30.2 Å². The van der Waals surface area contributed by atoms with E-state index < -0.39 is 6.04 Å². The van der Waals surface area contributed by atoms with Crippen molar-refractivity contribution in [1.29, 1.82) is 0 Å². The molecule has 2 saturated heterocycles. The molecular formula is C33H36N6O5. The quantitative estimate of drug-likeness (QED) is 0.276. The van der Waals surface area contributed by atoms with Gasteiger partial charge in [-0.2, -0.15) is 0 Å². The smallest absolute Gasteiger partial charge is 0.249 e. The first-order chi connectivity index (χ1) is 21.5. The third-order valence-electron chi connectivity index (χ3n) is 8.15. The SMILES string of the molecule is CC(=O)c1ccc(N(C(=O)Cn2nnc3ccccc32)[C@H](C(=O)NC[C@@H]2CCCO2)c2ccc(N3CCOCC3)cc2)cc1. The van der Waals surface area contributed by atoms with E-state index in [2.05, 4.69) is 20.5 Å². The molecule has 0 bridgehead atoms. The van der Waals surface area contributed by atoms with Crippen LogP contribution < -0.4 is 15.1 Å². The van der Waals surface area contributed by atoms with E-state index in [0.29, 0.717) is 54.2 Å². The largest absolute Gasteiger partial charge is 0.378 e. The van der Waals surface area contributed by atoms with Crippen LogP contribution in [0, 0.1) is 0 Å². The average molecular weight is 597 g/mol. The molecule has 6 rings (SSSR count). The minimum atomic E-state index is -0.999. The van der Waals surface area contributed by atoms with Crippen LogP contribution in [0.3, 0.4) is 0 Å². The fourth-order valence-corrected chi connectivity index (χ4v) is 5.76.